The molecule has 0 aromatic heterocycles. The smallest absolute Gasteiger partial charge is 0.277 e. The van der Waals surface area contributed by atoms with Crippen molar-refractivity contribution in [1.29, 1.82) is 0 Å². The molecule has 184 valence electrons. The number of para-hydroxylation sites is 1. The molecule has 1 amide bonds. The van der Waals surface area contributed by atoms with Gasteiger partial charge in [-0.3, -0.25) is 4.79 Å². The van der Waals surface area contributed by atoms with Crippen molar-refractivity contribution in [2.45, 2.75) is 27.4 Å². The van der Waals surface area contributed by atoms with Crippen molar-refractivity contribution in [2.24, 2.45) is 5.10 Å². The van der Waals surface area contributed by atoms with Crippen molar-refractivity contribution in [3.05, 3.63) is 101 Å². The summed E-state index contributed by atoms with van der Waals surface area (Å²) in [7, 11) is 0. The van der Waals surface area contributed by atoms with Gasteiger partial charge in [0, 0.05) is 0 Å². The molecule has 0 aliphatic rings. The Morgan fingerprint density at radius 3 is 2.42 bits per heavy atom. The van der Waals surface area contributed by atoms with Crippen molar-refractivity contribution in [1.82, 2.24) is 5.43 Å². The molecule has 0 unspecified atom stereocenters. The Kier molecular flexibility index (Phi) is 8.19. The number of nitrogens with zero attached hydrogens (tertiary/aromatic N) is 1. The molecule has 1 N–H and O–H groups in total. The second kappa shape index (κ2) is 11.9. The van der Waals surface area contributed by atoms with E-state index >= 15 is 0 Å². The van der Waals surface area contributed by atoms with E-state index in [0.717, 1.165) is 28.0 Å². The monoisotopic (exact) mass is 482 g/mol. The first-order valence-corrected chi connectivity index (χ1v) is 11.9. The summed E-state index contributed by atoms with van der Waals surface area (Å²) in [5, 5.41) is 6.40. The second-order valence-electron chi connectivity index (χ2n) is 8.37. The largest absolute Gasteiger partial charge is 0.490 e. The summed E-state index contributed by atoms with van der Waals surface area (Å²) < 4.78 is 17.6. The summed E-state index contributed by atoms with van der Waals surface area (Å²) in [6, 6.07) is 25.8. The standard InChI is InChI=1S/C30H30N2O4/c1-4-34-28-17-23(18-31-32-29(33)20-36-30-21(2)9-7-10-22(30)3)15-16-27(28)35-19-25-13-8-12-24-11-5-6-14-26(24)25/h5-18H,4,19-20H2,1-3H3,(H,32,33)/b31-18-. The van der Waals surface area contributed by atoms with Gasteiger partial charge in [0.25, 0.3) is 5.91 Å². The van der Waals surface area contributed by atoms with Gasteiger partial charge in [0.05, 0.1) is 12.8 Å². The number of ether oxygens (including phenoxy) is 3. The Morgan fingerprint density at radius 2 is 1.61 bits per heavy atom. The first kappa shape index (κ1) is 24.8. The molecule has 36 heavy (non-hydrogen) atoms. The number of rotatable bonds is 10. The Balaban J connectivity index is 1.37. The van der Waals surface area contributed by atoms with Crippen LogP contribution < -0.4 is 19.6 Å². The molecule has 4 rings (SSSR count). The molecule has 0 fully saturated rings. The van der Waals surface area contributed by atoms with Gasteiger partial charge in [-0.1, -0.05) is 60.7 Å². The van der Waals surface area contributed by atoms with Gasteiger partial charge in [0.1, 0.15) is 12.4 Å². The maximum absolute atomic E-state index is 12.2. The van der Waals surface area contributed by atoms with Crippen LogP contribution in [0.15, 0.2) is 84.0 Å². The fourth-order valence-corrected chi connectivity index (χ4v) is 3.94. The zero-order chi connectivity index (χ0) is 25.3. The quantitative estimate of drug-likeness (QED) is 0.224. The van der Waals surface area contributed by atoms with Crippen LogP contribution in [0.4, 0.5) is 0 Å². The van der Waals surface area contributed by atoms with E-state index in [0.29, 0.717) is 24.7 Å². The number of carbonyl (C=O) groups is 1. The van der Waals surface area contributed by atoms with Crippen molar-refractivity contribution in [2.75, 3.05) is 13.2 Å². The molecular weight excluding hydrogens is 452 g/mol. The van der Waals surface area contributed by atoms with Crippen LogP contribution in [0.5, 0.6) is 17.2 Å². The number of fused-ring (bicyclic) bond motifs is 1. The van der Waals surface area contributed by atoms with Crippen LogP contribution in [0, 0.1) is 13.8 Å². The highest BCUT2D eigenvalue weighted by atomic mass is 16.5. The van der Waals surface area contributed by atoms with Crippen molar-refractivity contribution in [3.63, 3.8) is 0 Å². The minimum absolute atomic E-state index is 0.117. The lowest BCUT2D eigenvalue weighted by atomic mass is 10.1. The van der Waals surface area contributed by atoms with Gasteiger partial charge in [-0.2, -0.15) is 5.10 Å². The van der Waals surface area contributed by atoms with Gasteiger partial charge in [0.15, 0.2) is 18.1 Å². The molecule has 0 aliphatic heterocycles. The molecule has 0 saturated carbocycles. The number of nitrogens with one attached hydrogen (secondary N) is 1. The second-order valence-corrected chi connectivity index (χ2v) is 8.37. The van der Waals surface area contributed by atoms with Gasteiger partial charge in [-0.05, 0) is 72.0 Å². The predicted octanol–water partition coefficient (Wildman–Crippen LogP) is 5.96. The van der Waals surface area contributed by atoms with Gasteiger partial charge in [-0.15, -0.1) is 0 Å². The molecule has 6 heteroatoms. The SMILES string of the molecule is CCOc1cc(/C=N\NC(=O)COc2c(C)cccc2C)ccc1OCc1cccc2ccccc12. The number of benzene rings is 4. The highest BCUT2D eigenvalue weighted by molar-refractivity contribution is 5.86. The topological polar surface area (TPSA) is 69.2 Å². The molecule has 0 bridgehead atoms. The lowest BCUT2D eigenvalue weighted by Crippen LogP contribution is -2.25. The number of hydrogen-bond donors (Lipinski definition) is 1. The minimum atomic E-state index is -0.339. The predicted molar refractivity (Wildman–Crippen MR) is 143 cm³/mol. The lowest BCUT2D eigenvalue weighted by Gasteiger charge is -2.14. The van der Waals surface area contributed by atoms with Crippen LogP contribution >= 0.6 is 0 Å². The van der Waals surface area contributed by atoms with E-state index in [1.165, 1.54) is 10.8 Å². The van der Waals surface area contributed by atoms with E-state index in [1.807, 2.05) is 75.4 Å². The van der Waals surface area contributed by atoms with E-state index in [-0.39, 0.29) is 12.5 Å². The van der Waals surface area contributed by atoms with Crippen LogP contribution in [-0.2, 0) is 11.4 Å². The molecular formula is C30H30N2O4. The molecule has 0 aliphatic carbocycles. The minimum Gasteiger partial charge on any atom is -0.490 e. The molecule has 4 aromatic carbocycles. The maximum atomic E-state index is 12.2. The first-order valence-electron chi connectivity index (χ1n) is 11.9. The summed E-state index contributed by atoms with van der Waals surface area (Å²) in [4.78, 5) is 12.2. The summed E-state index contributed by atoms with van der Waals surface area (Å²) in [5.41, 5.74) is 6.35. The third-order valence-corrected chi connectivity index (χ3v) is 5.69. The number of amides is 1. The fraction of sp³-hybridized carbons (Fsp3) is 0.200. The van der Waals surface area contributed by atoms with Crippen LogP contribution in [0.25, 0.3) is 10.8 Å². The normalized spacial score (nSPS) is 11.0. The third-order valence-electron chi connectivity index (χ3n) is 5.69. The van der Waals surface area contributed by atoms with Crippen molar-refractivity contribution in [3.8, 4) is 17.2 Å². The van der Waals surface area contributed by atoms with E-state index in [4.69, 9.17) is 14.2 Å². The fourth-order valence-electron chi connectivity index (χ4n) is 3.94. The highest BCUT2D eigenvalue weighted by Gasteiger charge is 2.09. The van der Waals surface area contributed by atoms with Crippen molar-refractivity contribution >= 4 is 22.9 Å². The number of hydrazone groups is 1. The number of carbonyl (C=O) groups excluding carboxylic acids is 1. The van der Waals surface area contributed by atoms with Crippen molar-refractivity contribution < 1.29 is 19.0 Å². The maximum Gasteiger partial charge on any atom is 0.277 e. The van der Waals surface area contributed by atoms with Crippen LogP contribution in [0.1, 0.15) is 29.2 Å². The first-order chi connectivity index (χ1) is 17.5. The molecule has 4 aromatic rings. The Hall–Kier alpha value is -4.32. The van der Waals surface area contributed by atoms with Gasteiger partial charge in [0.2, 0.25) is 0 Å². The Morgan fingerprint density at radius 1 is 0.861 bits per heavy atom. The van der Waals surface area contributed by atoms with E-state index in [2.05, 4.69) is 34.8 Å². The average Bonchev–Trinajstić information content (AvgIpc) is 2.88. The highest BCUT2D eigenvalue weighted by Crippen LogP contribution is 2.30. The van der Waals surface area contributed by atoms with Gasteiger partial charge in [-0.25, -0.2) is 5.43 Å². The summed E-state index contributed by atoms with van der Waals surface area (Å²) in [6.07, 6.45) is 1.56. The molecule has 0 heterocycles. The summed E-state index contributed by atoms with van der Waals surface area (Å²) >= 11 is 0. The average molecular weight is 483 g/mol. The summed E-state index contributed by atoms with van der Waals surface area (Å²) in [5.74, 6) is 1.64. The van der Waals surface area contributed by atoms with E-state index < -0.39 is 0 Å². The van der Waals surface area contributed by atoms with Crippen LogP contribution in [0.2, 0.25) is 0 Å². The molecule has 0 radical (unpaired) electrons. The van der Waals surface area contributed by atoms with Gasteiger partial charge < -0.3 is 14.2 Å². The Bertz CT molecular complexity index is 1360. The lowest BCUT2D eigenvalue weighted by molar-refractivity contribution is -0.123. The zero-order valence-electron chi connectivity index (χ0n) is 20.8. The van der Waals surface area contributed by atoms with Gasteiger partial charge >= 0.3 is 0 Å². The molecule has 0 spiro atoms. The number of aryl methyl sites for hydroxylation is 2. The molecule has 0 atom stereocenters. The van der Waals surface area contributed by atoms with Crippen LogP contribution in [-0.4, -0.2) is 25.3 Å². The summed E-state index contributed by atoms with van der Waals surface area (Å²) in [6.45, 7) is 6.62. The Labute approximate surface area is 211 Å². The van der Waals surface area contributed by atoms with E-state index in [1.54, 1.807) is 6.21 Å². The third kappa shape index (κ3) is 6.21. The molecule has 6 nitrogen and oxygen atoms in total. The number of hydrogen-bond acceptors (Lipinski definition) is 5. The zero-order valence-corrected chi connectivity index (χ0v) is 20.8. The molecule has 0 saturated heterocycles. The van der Waals surface area contributed by atoms with E-state index in [9.17, 15) is 4.79 Å². The van der Waals surface area contributed by atoms with Crippen LogP contribution in [0.3, 0.4) is 0 Å².